The third-order valence-electron chi connectivity index (χ3n) is 4.59. The molecule has 0 unspecified atom stereocenters. The summed E-state index contributed by atoms with van der Waals surface area (Å²) in [6.07, 6.45) is 8.05. The van der Waals surface area contributed by atoms with E-state index >= 15 is 0 Å². The molecular formula is C19H21N3O. The highest BCUT2D eigenvalue weighted by atomic mass is 16.1. The monoisotopic (exact) mass is 307 g/mol. The van der Waals surface area contributed by atoms with Crippen LogP contribution in [0.1, 0.15) is 37.9 Å². The Morgan fingerprint density at radius 1 is 1.30 bits per heavy atom. The maximum absolute atomic E-state index is 13.2. The smallest absolute Gasteiger partial charge is 0.259 e. The fourth-order valence-corrected chi connectivity index (χ4v) is 3.41. The highest BCUT2D eigenvalue weighted by Gasteiger charge is 2.27. The van der Waals surface area contributed by atoms with E-state index in [0.29, 0.717) is 6.04 Å². The van der Waals surface area contributed by atoms with Gasteiger partial charge in [0.05, 0.1) is 11.6 Å². The van der Waals surface area contributed by atoms with Crippen LogP contribution in [0.15, 0.2) is 41.5 Å². The highest BCUT2D eigenvalue weighted by Crippen LogP contribution is 2.36. The Bertz CT molecular complexity index is 931. The van der Waals surface area contributed by atoms with Crippen molar-refractivity contribution in [2.24, 2.45) is 7.05 Å². The van der Waals surface area contributed by atoms with E-state index in [1.54, 1.807) is 4.68 Å². The Labute approximate surface area is 135 Å². The van der Waals surface area contributed by atoms with Gasteiger partial charge < -0.3 is 4.57 Å². The normalized spacial score (nSPS) is 14.5. The molecule has 1 saturated carbocycles. The van der Waals surface area contributed by atoms with Crippen molar-refractivity contribution in [1.29, 1.82) is 0 Å². The van der Waals surface area contributed by atoms with Gasteiger partial charge >= 0.3 is 0 Å². The SMILES string of the molecule is CCCc1cc2cccc(-c3cnn(C)c3)c2c(=O)n1C1CC1. The summed E-state index contributed by atoms with van der Waals surface area (Å²) in [5.74, 6) is 0. The molecule has 4 nitrogen and oxygen atoms in total. The molecular weight excluding hydrogens is 286 g/mol. The van der Waals surface area contributed by atoms with Crippen LogP contribution >= 0.6 is 0 Å². The van der Waals surface area contributed by atoms with E-state index in [4.69, 9.17) is 0 Å². The van der Waals surface area contributed by atoms with Crippen LogP contribution in [0, 0.1) is 0 Å². The number of rotatable bonds is 4. The van der Waals surface area contributed by atoms with E-state index in [1.807, 2.05) is 42.2 Å². The molecule has 118 valence electrons. The minimum Gasteiger partial charge on any atom is -0.309 e. The summed E-state index contributed by atoms with van der Waals surface area (Å²) in [5, 5.41) is 6.12. The zero-order chi connectivity index (χ0) is 16.0. The lowest BCUT2D eigenvalue weighted by Crippen LogP contribution is -2.23. The van der Waals surface area contributed by atoms with Crippen molar-refractivity contribution >= 4 is 10.8 Å². The molecule has 1 aliphatic carbocycles. The number of hydrogen-bond donors (Lipinski definition) is 0. The van der Waals surface area contributed by atoms with E-state index in [1.165, 1.54) is 5.69 Å². The first kappa shape index (κ1) is 14.2. The number of aryl methyl sites for hydroxylation is 2. The number of aromatic nitrogens is 3. The van der Waals surface area contributed by atoms with E-state index in [0.717, 1.165) is 47.6 Å². The first-order valence-electron chi connectivity index (χ1n) is 8.35. The number of hydrogen-bond acceptors (Lipinski definition) is 2. The van der Waals surface area contributed by atoms with Gasteiger partial charge in [0.2, 0.25) is 0 Å². The molecule has 1 aliphatic rings. The maximum atomic E-state index is 13.2. The minimum absolute atomic E-state index is 0.160. The van der Waals surface area contributed by atoms with Crippen molar-refractivity contribution < 1.29 is 0 Å². The third-order valence-corrected chi connectivity index (χ3v) is 4.59. The van der Waals surface area contributed by atoms with Crippen molar-refractivity contribution in [3.05, 3.63) is 52.7 Å². The first-order chi connectivity index (χ1) is 11.2. The lowest BCUT2D eigenvalue weighted by atomic mass is 10.0. The molecule has 2 heterocycles. The molecule has 3 aromatic rings. The van der Waals surface area contributed by atoms with Crippen LogP contribution in [0.2, 0.25) is 0 Å². The second kappa shape index (κ2) is 5.37. The minimum atomic E-state index is 0.160. The second-order valence-corrected chi connectivity index (χ2v) is 6.46. The predicted molar refractivity (Wildman–Crippen MR) is 92.7 cm³/mol. The van der Waals surface area contributed by atoms with Gasteiger partial charge in [-0.1, -0.05) is 31.5 Å². The molecule has 0 aliphatic heterocycles. The van der Waals surface area contributed by atoms with Crippen molar-refractivity contribution in [3.8, 4) is 11.1 Å². The number of nitrogens with zero attached hydrogens (tertiary/aromatic N) is 3. The molecule has 2 aromatic heterocycles. The lowest BCUT2D eigenvalue weighted by Gasteiger charge is -2.15. The van der Waals surface area contributed by atoms with Crippen LogP contribution < -0.4 is 5.56 Å². The van der Waals surface area contributed by atoms with Crippen molar-refractivity contribution in [1.82, 2.24) is 14.3 Å². The van der Waals surface area contributed by atoms with Crippen LogP contribution in [-0.2, 0) is 13.5 Å². The maximum Gasteiger partial charge on any atom is 0.259 e. The third kappa shape index (κ3) is 2.38. The molecule has 0 amide bonds. The Kier molecular flexibility index (Phi) is 3.33. The van der Waals surface area contributed by atoms with Gasteiger partial charge in [-0.2, -0.15) is 5.10 Å². The summed E-state index contributed by atoms with van der Waals surface area (Å²) in [4.78, 5) is 13.2. The summed E-state index contributed by atoms with van der Waals surface area (Å²) in [7, 11) is 1.90. The zero-order valence-corrected chi connectivity index (χ0v) is 13.6. The Morgan fingerprint density at radius 3 is 2.78 bits per heavy atom. The predicted octanol–water partition coefficient (Wildman–Crippen LogP) is 3.69. The van der Waals surface area contributed by atoms with Gasteiger partial charge in [-0.05, 0) is 36.3 Å². The van der Waals surface area contributed by atoms with Gasteiger partial charge in [-0.3, -0.25) is 9.48 Å². The molecule has 0 spiro atoms. The molecule has 1 fully saturated rings. The summed E-state index contributed by atoms with van der Waals surface area (Å²) >= 11 is 0. The molecule has 0 radical (unpaired) electrons. The summed E-state index contributed by atoms with van der Waals surface area (Å²) < 4.78 is 3.82. The number of pyridine rings is 1. The van der Waals surface area contributed by atoms with Crippen molar-refractivity contribution in [3.63, 3.8) is 0 Å². The van der Waals surface area contributed by atoms with E-state index < -0.39 is 0 Å². The number of benzene rings is 1. The average molecular weight is 307 g/mol. The molecule has 4 rings (SSSR count). The average Bonchev–Trinajstić information content (AvgIpc) is 3.27. The lowest BCUT2D eigenvalue weighted by molar-refractivity contribution is 0.655. The molecule has 1 aromatic carbocycles. The number of fused-ring (bicyclic) bond motifs is 1. The van der Waals surface area contributed by atoms with Gasteiger partial charge in [-0.25, -0.2) is 0 Å². The molecule has 0 atom stereocenters. The summed E-state index contributed by atoms with van der Waals surface area (Å²) in [5.41, 5.74) is 3.32. The Hall–Kier alpha value is -2.36. The molecule has 0 saturated heterocycles. The molecule has 0 N–H and O–H groups in total. The zero-order valence-electron chi connectivity index (χ0n) is 13.6. The van der Waals surface area contributed by atoms with Crippen molar-refractivity contribution in [2.45, 2.75) is 38.6 Å². The first-order valence-corrected chi connectivity index (χ1v) is 8.35. The van der Waals surface area contributed by atoms with Crippen LogP contribution in [-0.4, -0.2) is 14.3 Å². The second-order valence-electron chi connectivity index (χ2n) is 6.46. The highest BCUT2D eigenvalue weighted by molar-refractivity contribution is 5.96. The molecule has 0 bridgehead atoms. The van der Waals surface area contributed by atoms with E-state index in [-0.39, 0.29) is 5.56 Å². The van der Waals surface area contributed by atoms with Gasteiger partial charge in [0.15, 0.2) is 0 Å². The van der Waals surface area contributed by atoms with Gasteiger partial charge in [-0.15, -0.1) is 0 Å². The van der Waals surface area contributed by atoms with Crippen LogP contribution in [0.5, 0.6) is 0 Å². The quantitative estimate of drug-likeness (QED) is 0.737. The fraction of sp³-hybridized carbons (Fsp3) is 0.368. The largest absolute Gasteiger partial charge is 0.309 e. The van der Waals surface area contributed by atoms with E-state index in [9.17, 15) is 4.79 Å². The van der Waals surface area contributed by atoms with Gasteiger partial charge in [0, 0.05) is 30.5 Å². The topological polar surface area (TPSA) is 39.8 Å². The summed E-state index contributed by atoms with van der Waals surface area (Å²) in [6, 6.07) is 8.71. The Morgan fingerprint density at radius 2 is 2.13 bits per heavy atom. The standard InChI is InChI=1S/C19H21N3O/c1-3-5-16-10-13-6-4-7-17(14-11-20-21(2)12-14)18(13)19(23)22(16)15-8-9-15/h4,6-7,10-12,15H,3,5,8-9H2,1-2H3. The van der Waals surface area contributed by atoms with Crippen LogP contribution in [0.3, 0.4) is 0 Å². The molecule has 23 heavy (non-hydrogen) atoms. The van der Waals surface area contributed by atoms with E-state index in [2.05, 4.69) is 18.1 Å². The van der Waals surface area contributed by atoms with Crippen LogP contribution in [0.4, 0.5) is 0 Å². The van der Waals surface area contributed by atoms with Crippen molar-refractivity contribution in [2.75, 3.05) is 0 Å². The molecule has 4 heteroatoms. The van der Waals surface area contributed by atoms with Gasteiger partial charge in [0.1, 0.15) is 0 Å². The summed E-state index contributed by atoms with van der Waals surface area (Å²) in [6.45, 7) is 2.16. The Balaban J connectivity index is 2.03. The van der Waals surface area contributed by atoms with Crippen LogP contribution in [0.25, 0.3) is 21.9 Å². The fourth-order valence-electron chi connectivity index (χ4n) is 3.41. The van der Waals surface area contributed by atoms with Gasteiger partial charge in [0.25, 0.3) is 5.56 Å².